The highest BCUT2D eigenvalue weighted by atomic mass is 35.5. The topological polar surface area (TPSA) is 60.3 Å². The molecule has 0 saturated carbocycles. The third-order valence-electron chi connectivity index (χ3n) is 4.26. The molecule has 3 aromatic rings. The second-order valence-electron chi connectivity index (χ2n) is 6.66. The largest absolute Gasteiger partial charge is 0.484 e. The van der Waals surface area contributed by atoms with Gasteiger partial charge < -0.3 is 14.2 Å². The summed E-state index contributed by atoms with van der Waals surface area (Å²) in [6.07, 6.45) is 0. The highest BCUT2D eigenvalue weighted by molar-refractivity contribution is 7.99. The maximum atomic E-state index is 12.8. The molecule has 0 fully saturated rings. The Kier molecular flexibility index (Phi) is 7.17. The molecule has 2 aromatic carbocycles. The van der Waals surface area contributed by atoms with Gasteiger partial charge in [0.2, 0.25) is 5.91 Å². The van der Waals surface area contributed by atoms with Crippen molar-refractivity contribution in [1.29, 1.82) is 0 Å². The van der Waals surface area contributed by atoms with Crippen LogP contribution in [-0.2, 0) is 18.4 Å². The van der Waals surface area contributed by atoms with Crippen molar-refractivity contribution < 1.29 is 9.53 Å². The van der Waals surface area contributed by atoms with E-state index in [9.17, 15) is 4.79 Å². The van der Waals surface area contributed by atoms with Crippen molar-refractivity contribution in [3.63, 3.8) is 0 Å². The number of rotatable bonds is 8. The average Bonchev–Trinajstić information content (AvgIpc) is 3.06. The molecule has 0 atom stereocenters. The van der Waals surface area contributed by atoms with Crippen LogP contribution in [0.1, 0.15) is 19.7 Å². The average molecular weight is 431 g/mol. The van der Waals surface area contributed by atoms with Crippen LogP contribution in [0.15, 0.2) is 59.8 Å². The van der Waals surface area contributed by atoms with E-state index in [4.69, 9.17) is 16.3 Å². The van der Waals surface area contributed by atoms with Crippen LogP contribution in [0.4, 0.5) is 5.69 Å². The van der Waals surface area contributed by atoms with Crippen LogP contribution >= 0.6 is 23.4 Å². The number of anilines is 1. The number of halogens is 1. The lowest BCUT2D eigenvalue weighted by Crippen LogP contribution is -2.38. The minimum absolute atomic E-state index is 0.0214. The molecule has 0 bridgehead atoms. The van der Waals surface area contributed by atoms with Crippen LogP contribution in [0.25, 0.3) is 0 Å². The van der Waals surface area contributed by atoms with Crippen molar-refractivity contribution in [3.8, 4) is 5.75 Å². The summed E-state index contributed by atoms with van der Waals surface area (Å²) >= 11 is 7.47. The molecule has 3 rings (SSSR count). The first-order valence-electron chi connectivity index (χ1n) is 9.23. The second kappa shape index (κ2) is 9.80. The minimum Gasteiger partial charge on any atom is -0.484 e. The molecule has 0 saturated heterocycles. The lowest BCUT2D eigenvalue weighted by atomic mass is 10.2. The Balaban J connectivity index is 1.62. The molecule has 1 aromatic heterocycles. The molecule has 8 heteroatoms. The quantitative estimate of drug-likeness (QED) is 0.489. The van der Waals surface area contributed by atoms with Gasteiger partial charge in [-0.15, -0.1) is 10.2 Å². The third kappa shape index (κ3) is 5.31. The van der Waals surface area contributed by atoms with Gasteiger partial charge in [0.05, 0.1) is 10.8 Å². The maximum absolute atomic E-state index is 12.8. The number of carbonyl (C=O) groups excluding carboxylic acids is 1. The number of ether oxygens (including phenoxy) is 1. The molecule has 0 aliphatic carbocycles. The van der Waals surface area contributed by atoms with Crippen molar-refractivity contribution in [1.82, 2.24) is 14.8 Å². The molecule has 6 nitrogen and oxygen atoms in total. The number of aromatic nitrogens is 3. The van der Waals surface area contributed by atoms with E-state index in [1.54, 1.807) is 17.0 Å². The number of nitrogens with zero attached hydrogens (tertiary/aromatic N) is 4. The molecule has 0 radical (unpaired) electrons. The predicted molar refractivity (Wildman–Crippen MR) is 117 cm³/mol. The molecule has 29 heavy (non-hydrogen) atoms. The fourth-order valence-electron chi connectivity index (χ4n) is 2.82. The van der Waals surface area contributed by atoms with Gasteiger partial charge in [-0.25, -0.2) is 0 Å². The standard InChI is InChI=1S/C21H23ClN4O2S/c1-15(2)26(16-9-5-4-6-10-16)20(27)14-29-21-24-23-19(25(21)3)13-28-18-12-8-7-11-17(18)22/h4-12,15H,13-14H2,1-3H3. The summed E-state index contributed by atoms with van der Waals surface area (Å²) in [5.74, 6) is 1.54. The molecular weight excluding hydrogens is 408 g/mol. The molecule has 152 valence electrons. The summed E-state index contributed by atoms with van der Waals surface area (Å²) in [5.41, 5.74) is 0.889. The van der Waals surface area contributed by atoms with Gasteiger partial charge in [-0.2, -0.15) is 0 Å². The normalized spacial score (nSPS) is 10.9. The summed E-state index contributed by atoms with van der Waals surface area (Å²) in [4.78, 5) is 14.6. The van der Waals surface area contributed by atoms with E-state index in [0.717, 1.165) is 5.69 Å². The summed E-state index contributed by atoms with van der Waals surface area (Å²) in [7, 11) is 1.86. The Hall–Kier alpha value is -2.51. The fraction of sp³-hybridized carbons (Fsp3) is 0.286. The summed E-state index contributed by atoms with van der Waals surface area (Å²) < 4.78 is 7.56. The Morgan fingerprint density at radius 2 is 1.83 bits per heavy atom. The van der Waals surface area contributed by atoms with Gasteiger partial charge in [0.1, 0.15) is 12.4 Å². The van der Waals surface area contributed by atoms with Gasteiger partial charge >= 0.3 is 0 Å². The Morgan fingerprint density at radius 1 is 1.14 bits per heavy atom. The molecule has 0 unspecified atom stereocenters. The Labute approximate surface area is 179 Å². The van der Waals surface area contributed by atoms with Gasteiger partial charge in [-0.3, -0.25) is 4.79 Å². The van der Waals surface area contributed by atoms with E-state index in [0.29, 0.717) is 21.8 Å². The Bertz CT molecular complexity index is 962. The van der Waals surface area contributed by atoms with Gasteiger partial charge in [0, 0.05) is 18.8 Å². The predicted octanol–water partition coefficient (Wildman–Crippen LogP) is 4.58. The maximum Gasteiger partial charge on any atom is 0.237 e. The van der Waals surface area contributed by atoms with E-state index in [-0.39, 0.29) is 24.3 Å². The van der Waals surface area contributed by atoms with Crippen LogP contribution in [0.3, 0.4) is 0 Å². The SMILES string of the molecule is CC(C)N(C(=O)CSc1nnc(COc2ccccc2Cl)n1C)c1ccccc1. The number of para-hydroxylation sites is 2. The van der Waals surface area contributed by atoms with Crippen molar-refractivity contribution in [2.75, 3.05) is 10.7 Å². The van der Waals surface area contributed by atoms with E-state index in [2.05, 4.69) is 10.2 Å². The number of hydrogen-bond acceptors (Lipinski definition) is 5. The van der Waals surface area contributed by atoms with E-state index in [1.807, 2.05) is 67.9 Å². The van der Waals surface area contributed by atoms with Crippen LogP contribution in [0.5, 0.6) is 5.75 Å². The second-order valence-corrected chi connectivity index (χ2v) is 8.01. The van der Waals surface area contributed by atoms with Crippen LogP contribution < -0.4 is 9.64 Å². The van der Waals surface area contributed by atoms with Gasteiger partial charge in [-0.05, 0) is 38.1 Å². The molecule has 1 amide bonds. The van der Waals surface area contributed by atoms with Gasteiger partial charge in [-0.1, -0.05) is 53.7 Å². The molecule has 0 spiro atoms. The van der Waals surface area contributed by atoms with Crippen molar-refractivity contribution in [3.05, 3.63) is 65.4 Å². The zero-order valence-electron chi connectivity index (χ0n) is 16.6. The fourth-order valence-corrected chi connectivity index (χ4v) is 3.79. The summed E-state index contributed by atoms with van der Waals surface area (Å²) in [6, 6.07) is 17.0. The number of thioether (sulfide) groups is 1. The molecule has 0 aliphatic rings. The van der Waals surface area contributed by atoms with E-state index < -0.39 is 0 Å². The van der Waals surface area contributed by atoms with Gasteiger partial charge in [0.25, 0.3) is 0 Å². The summed E-state index contributed by atoms with van der Waals surface area (Å²) in [5, 5.41) is 9.57. The molecular formula is C21H23ClN4O2S. The number of hydrogen-bond donors (Lipinski definition) is 0. The summed E-state index contributed by atoms with van der Waals surface area (Å²) in [6.45, 7) is 4.24. The molecule has 0 aliphatic heterocycles. The lowest BCUT2D eigenvalue weighted by molar-refractivity contribution is -0.116. The van der Waals surface area contributed by atoms with Crippen LogP contribution in [0, 0.1) is 0 Å². The first-order valence-corrected chi connectivity index (χ1v) is 10.6. The number of benzene rings is 2. The highest BCUT2D eigenvalue weighted by Gasteiger charge is 2.20. The van der Waals surface area contributed by atoms with Crippen molar-refractivity contribution >= 4 is 35.0 Å². The number of amides is 1. The number of carbonyl (C=O) groups is 1. The van der Waals surface area contributed by atoms with E-state index in [1.165, 1.54) is 11.8 Å². The zero-order valence-corrected chi connectivity index (χ0v) is 18.2. The Morgan fingerprint density at radius 3 is 2.52 bits per heavy atom. The van der Waals surface area contributed by atoms with Crippen molar-refractivity contribution in [2.24, 2.45) is 7.05 Å². The highest BCUT2D eigenvalue weighted by Crippen LogP contribution is 2.25. The molecule has 0 N–H and O–H groups in total. The van der Waals surface area contributed by atoms with Crippen LogP contribution in [0.2, 0.25) is 5.02 Å². The lowest BCUT2D eigenvalue weighted by Gasteiger charge is -2.26. The van der Waals surface area contributed by atoms with E-state index >= 15 is 0 Å². The van der Waals surface area contributed by atoms with Gasteiger partial charge in [0.15, 0.2) is 11.0 Å². The smallest absolute Gasteiger partial charge is 0.237 e. The first-order chi connectivity index (χ1) is 14.0. The molecule has 1 heterocycles. The minimum atomic E-state index is 0.0214. The third-order valence-corrected chi connectivity index (χ3v) is 5.58. The van der Waals surface area contributed by atoms with Crippen molar-refractivity contribution in [2.45, 2.75) is 31.7 Å². The zero-order chi connectivity index (χ0) is 20.8. The monoisotopic (exact) mass is 430 g/mol. The first kappa shape index (κ1) is 21.2. The van der Waals surface area contributed by atoms with Crippen LogP contribution in [-0.4, -0.2) is 32.5 Å².